The maximum absolute atomic E-state index is 8.45. The Kier molecular flexibility index (Phi) is 4.89. The van der Waals surface area contributed by atoms with E-state index < -0.39 is 23.0 Å². The van der Waals surface area contributed by atoms with Crippen LogP contribution < -0.4 is 25.3 Å². The van der Waals surface area contributed by atoms with Crippen LogP contribution in [0.15, 0.2) is 79.0 Å². The third kappa shape index (κ3) is 3.51. The van der Waals surface area contributed by atoms with Gasteiger partial charge in [-0.15, -0.1) is 0 Å². The predicted molar refractivity (Wildman–Crippen MR) is 160 cm³/mol. The van der Waals surface area contributed by atoms with Crippen molar-refractivity contribution in [2.75, 3.05) is 0 Å². The van der Waals surface area contributed by atoms with Crippen molar-refractivity contribution in [2.24, 2.45) is 7.05 Å². The highest BCUT2D eigenvalue weighted by Crippen LogP contribution is 2.33. The van der Waals surface area contributed by atoms with Crippen molar-refractivity contribution in [1.82, 2.24) is 0 Å². The number of pyridine rings is 1. The topological polar surface area (TPSA) is 3.88 Å². The van der Waals surface area contributed by atoms with Crippen molar-refractivity contribution in [1.29, 1.82) is 0 Å². The molecule has 182 valence electrons. The normalized spacial score (nSPS) is 19.1. The Bertz CT molecular complexity index is 1580. The van der Waals surface area contributed by atoms with Gasteiger partial charge in [0, 0.05) is 21.3 Å². The Labute approximate surface area is 223 Å². The summed E-state index contributed by atoms with van der Waals surface area (Å²) in [5, 5.41) is 6.48. The number of rotatable bonds is 2. The second kappa shape index (κ2) is 8.67. The Morgan fingerprint density at radius 1 is 0.722 bits per heavy atom. The van der Waals surface area contributed by atoms with E-state index in [1.807, 2.05) is 17.8 Å². The predicted octanol–water partition coefficient (Wildman–Crippen LogP) is 5.34. The highest BCUT2D eigenvalue weighted by molar-refractivity contribution is 7.17. The van der Waals surface area contributed by atoms with E-state index in [9.17, 15) is 0 Å². The summed E-state index contributed by atoms with van der Waals surface area (Å²) in [6.07, 6.45) is 5.76. The lowest BCUT2D eigenvalue weighted by molar-refractivity contribution is -0.660. The van der Waals surface area contributed by atoms with Crippen LogP contribution in [0.3, 0.4) is 0 Å². The van der Waals surface area contributed by atoms with Gasteiger partial charge in [0.05, 0.1) is 0 Å². The van der Waals surface area contributed by atoms with E-state index in [0.717, 1.165) is 22.4 Å². The molecule has 2 aliphatic rings. The number of benzene rings is 3. The molecule has 0 radical (unpaired) electrons. The van der Waals surface area contributed by atoms with Crippen LogP contribution in [0.1, 0.15) is 34.5 Å². The largest absolute Gasteiger partial charge is 0.213 e. The number of nitrogens with zero attached hydrogens (tertiary/aromatic N) is 1. The van der Waals surface area contributed by atoms with Gasteiger partial charge in [0.1, 0.15) is 23.2 Å². The van der Waals surface area contributed by atoms with Gasteiger partial charge < -0.3 is 0 Å². The molecule has 0 aliphatic carbocycles. The maximum Gasteiger partial charge on any atom is 0.213 e. The molecule has 2 aliphatic heterocycles. The zero-order chi connectivity index (χ0) is 27.6. The standard InChI is InChI=1S/C33H38NSi2/c1-24-13-7-8-14-27(24)29-22-28(25(2)23-34(29)3)26-17-18-31-33(21-26)36(19-11-6-12-20-36)32-16-10-9-15-30(32)35(31,4)5/h7-10,13-18,21-23H,6,11-12,19-20H2,1-5H3/q+1/i2D3. The summed E-state index contributed by atoms with van der Waals surface area (Å²) in [5.41, 5.74) is 5.68. The lowest BCUT2D eigenvalue weighted by atomic mass is 9.97. The molecule has 0 unspecified atom stereocenters. The lowest BCUT2D eigenvalue weighted by Gasteiger charge is -2.47. The van der Waals surface area contributed by atoms with E-state index in [2.05, 4.69) is 92.8 Å². The summed E-state index contributed by atoms with van der Waals surface area (Å²) >= 11 is 0. The number of aryl methyl sites for hydroxylation is 3. The molecule has 0 amide bonds. The quantitative estimate of drug-likeness (QED) is 0.255. The molecule has 1 saturated heterocycles. The SMILES string of the molecule is [2H]C([2H])([2H])c1c[n+](C)c(-c2ccccc2C)cc1-c1ccc2c(c1)[Si]1(CCCCC1)c1ccccc1[Si]2(C)C. The highest BCUT2D eigenvalue weighted by Gasteiger charge is 2.49. The fraction of sp³-hybridized carbons (Fsp3) is 0.303. The minimum absolute atomic E-state index is 0.425. The average molecular weight is 508 g/mol. The molecule has 1 spiro atoms. The van der Waals surface area contributed by atoms with Crippen molar-refractivity contribution in [3.63, 3.8) is 0 Å². The fourth-order valence-electron chi connectivity index (χ4n) is 7.10. The highest BCUT2D eigenvalue weighted by atomic mass is 28.3. The van der Waals surface area contributed by atoms with Gasteiger partial charge in [-0.05, 0) is 48.6 Å². The summed E-state index contributed by atoms with van der Waals surface area (Å²) in [6, 6.07) is 29.5. The van der Waals surface area contributed by atoms with Crippen molar-refractivity contribution >= 4 is 36.9 Å². The molecule has 0 N–H and O–H groups in total. The van der Waals surface area contributed by atoms with Gasteiger partial charge >= 0.3 is 0 Å². The van der Waals surface area contributed by atoms with Crippen molar-refractivity contribution < 1.29 is 8.68 Å². The molecule has 3 heterocycles. The maximum atomic E-state index is 8.45. The molecule has 1 nitrogen and oxygen atoms in total. The zero-order valence-corrected chi connectivity index (χ0v) is 24.0. The first-order valence-corrected chi connectivity index (χ1v) is 18.8. The smallest absolute Gasteiger partial charge is 0.201 e. The molecule has 3 heteroatoms. The van der Waals surface area contributed by atoms with Gasteiger partial charge in [-0.3, -0.25) is 0 Å². The molecule has 0 atom stereocenters. The van der Waals surface area contributed by atoms with Gasteiger partial charge in [0.15, 0.2) is 6.20 Å². The van der Waals surface area contributed by atoms with Crippen molar-refractivity contribution in [3.8, 4) is 22.4 Å². The molecule has 6 rings (SSSR count). The third-order valence-corrected chi connectivity index (χ3v) is 18.4. The van der Waals surface area contributed by atoms with Gasteiger partial charge in [0.2, 0.25) is 5.69 Å². The molecular weight excluding hydrogens is 467 g/mol. The summed E-state index contributed by atoms with van der Waals surface area (Å²) in [6.45, 7) is 4.92. The summed E-state index contributed by atoms with van der Waals surface area (Å²) in [5.74, 6) is 0. The monoisotopic (exact) mass is 507 g/mol. The summed E-state index contributed by atoms with van der Waals surface area (Å²) < 4.78 is 27.3. The average Bonchev–Trinajstić information content (AvgIpc) is 2.92. The number of aromatic nitrogens is 1. The van der Waals surface area contributed by atoms with E-state index in [1.165, 1.54) is 36.9 Å². The minimum Gasteiger partial charge on any atom is -0.201 e. The molecule has 3 aromatic carbocycles. The first-order chi connectivity index (χ1) is 18.5. The van der Waals surface area contributed by atoms with Gasteiger partial charge in [-0.2, -0.15) is 0 Å². The molecule has 1 fully saturated rings. The van der Waals surface area contributed by atoms with E-state index in [0.29, 0.717) is 5.56 Å². The van der Waals surface area contributed by atoms with Crippen LogP contribution in [0.2, 0.25) is 25.2 Å². The molecular formula is C33H38NSi2+. The van der Waals surface area contributed by atoms with Crippen LogP contribution >= 0.6 is 0 Å². The zero-order valence-electron chi connectivity index (χ0n) is 25.0. The van der Waals surface area contributed by atoms with E-state index in [-0.39, 0.29) is 0 Å². The van der Waals surface area contributed by atoms with E-state index in [1.54, 1.807) is 20.7 Å². The Morgan fingerprint density at radius 3 is 2.17 bits per heavy atom. The lowest BCUT2D eigenvalue weighted by Crippen LogP contribution is -2.80. The van der Waals surface area contributed by atoms with Crippen LogP contribution in [-0.4, -0.2) is 16.1 Å². The van der Waals surface area contributed by atoms with E-state index in [4.69, 9.17) is 4.11 Å². The Balaban J connectivity index is 1.63. The number of hydrogen-bond acceptors (Lipinski definition) is 0. The van der Waals surface area contributed by atoms with Crippen LogP contribution in [0.5, 0.6) is 0 Å². The third-order valence-electron chi connectivity index (χ3n) is 9.04. The molecule has 4 aromatic rings. The van der Waals surface area contributed by atoms with Crippen molar-refractivity contribution in [3.05, 3.63) is 90.1 Å². The second-order valence-corrected chi connectivity index (χ2v) is 20.1. The van der Waals surface area contributed by atoms with Crippen molar-refractivity contribution in [2.45, 2.75) is 58.2 Å². The Morgan fingerprint density at radius 2 is 1.42 bits per heavy atom. The van der Waals surface area contributed by atoms with Crippen LogP contribution in [-0.2, 0) is 7.05 Å². The molecule has 36 heavy (non-hydrogen) atoms. The second-order valence-electron chi connectivity index (χ2n) is 11.5. The van der Waals surface area contributed by atoms with Crippen LogP contribution in [0.4, 0.5) is 0 Å². The van der Waals surface area contributed by atoms with E-state index >= 15 is 0 Å². The van der Waals surface area contributed by atoms with Gasteiger partial charge in [-0.1, -0.05) is 114 Å². The summed E-state index contributed by atoms with van der Waals surface area (Å²) in [7, 11) is -1.85. The van der Waals surface area contributed by atoms with Gasteiger partial charge in [0.25, 0.3) is 0 Å². The minimum atomic E-state index is -2.20. The van der Waals surface area contributed by atoms with Crippen LogP contribution in [0, 0.1) is 13.8 Å². The molecule has 0 saturated carbocycles. The fourth-order valence-corrected chi connectivity index (χ4v) is 18.6. The molecule has 1 aromatic heterocycles. The number of fused-ring (bicyclic) bond motifs is 4. The van der Waals surface area contributed by atoms with Crippen LogP contribution in [0.25, 0.3) is 22.4 Å². The first-order valence-electron chi connectivity index (χ1n) is 14.9. The first kappa shape index (κ1) is 20.3. The van der Waals surface area contributed by atoms with Gasteiger partial charge in [-0.25, -0.2) is 4.57 Å². The molecule has 0 bridgehead atoms. The summed E-state index contributed by atoms with van der Waals surface area (Å²) in [4.78, 5) is 0. The number of hydrogen-bond donors (Lipinski definition) is 0. The Hall–Kier alpha value is -2.76.